The molecule has 0 heterocycles. The van der Waals surface area contributed by atoms with E-state index in [-0.39, 0.29) is 26.1 Å². The molecule has 0 saturated carbocycles. The Morgan fingerprint density at radius 2 is 0.548 bits per heavy atom. The predicted molar refractivity (Wildman–Crippen MR) is 452 cm³/mol. The second kappa shape index (κ2) is 82.7. The number of hydrogen-bond acceptors (Lipinski definition) is 8. The molecule has 0 aromatic carbocycles. The molecule has 0 aromatic heterocycles. The van der Waals surface area contributed by atoms with Gasteiger partial charge in [0.1, 0.15) is 19.8 Å². The van der Waals surface area contributed by atoms with Crippen molar-refractivity contribution >= 4 is 19.8 Å². The van der Waals surface area contributed by atoms with E-state index >= 15 is 0 Å². The van der Waals surface area contributed by atoms with Crippen molar-refractivity contribution in [3.8, 4) is 0 Å². The van der Waals surface area contributed by atoms with Gasteiger partial charge < -0.3 is 27.9 Å². The summed E-state index contributed by atoms with van der Waals surface area (Å²) in [5.41, 5.74) is 0. The number of unbranched alkanes of at least 4 members (excludes halogenated alkanes) is 39. The largest absolute Gasteiger partial charge is 0.756 e. The van der Waals surface area contributed by atoms with Gasteiger partial charge >= 0.3 is 11.9 Å². The topological polar surface area (TPSA) is 111 Å². The molecule has 0 N–H and O–H groups in total. The zero-order valence-electron chi connectivity index (χ0n) is 68.2. The van der Waals surface area contributed by atoms with Crippen molar-refractivity contribution in [2.45, 2.75) is 380 Å². The fourth-order valence-corrected chi connectivity index (χ4v) is 12.7. The molecule has 0 rings (SSSR count). The molecule has 10 heteroatoms. The second-order valence-electron chi connectivity index (χ2n) is 29.8. The molecule has 0 spiro atoms. The average Bonchev–Trinajstić information content (AvgIpc) is 0.915. The molecule has 0 aliphatic carbocycles. The lowest BCUT2D eigenvalue weighted by atomic mass is 10.0. The SMILES string of the molecule is CC/C=C\C/C=C\C/C=C\C/C=C\C/C=C\C/C=C\C/C=C\C/C=C\C/C=C\C/C=C\C/C=C\C/C=C\CCCCC(=O)OC(COC(=O)CCCCCCCCCCCCCCCCCCCCCCCCCCCCCCC/C=C\CCCCCCCCCC)COP(=O)([O-])OCC[N+](C)(C)C. The number of carbonyl (C=O) groups excluding carboxylic acids is 2. The number of nitrogens with zero attached hydrogens (tertiary/aromatic N) is 1. The van der Waals surface area contributed by atoms with Crippen molar-refractivity contribution in [2.24, 2.45) is 0 Å². The van der Waals surface area contributed by atoms with Crippen molar-refractivity contribution < 1.29 is 42.1 Å². The number of ether oxygens (including phenoxy) is 2. The minimum atomic E-state index is -4.67. The fraction of sp³-hybridized carbons (Fsp3) is 0.702. The van der Waals surface area contributed by atoms with Gasteiger partial charge in [0.25, 0.3) is 7.82 Å². The summed E-state index contributed by atoms with van der Waals surface area (Å²) in [6.07, 6.45) is 124. The number of quaternary nitrogens is 1. The second-order valence-corrected chi connectivity index (χ2v) is 31.2. The number of carbonyl (C=O) groups is 2. The smallest absolute Gasteiger partial charge is 0.306 e. The molecule has 0 aliphatic heterocycles. The van der Waals surface area contributed by atoms with Gasteiger partial charge in [-0.25, -0.2) is 0 Å². The lowest BCUT2D eigenvalue weighted by Crippen LogP contribution is -2.37. The predicted octanol–water partition coefficient (Wildman–Crippen LogP) is 28.8. The van der Waals surface area contributed by atoms with Crippen molar-refractivity contribution in [1.29, 1.82) is 0 Å². The van der Waals surface area contributed by atoms with Crippen molar-refractivity contribution in [2.75, 3.05) is 47.5 Å². The van der Waals surface area contributed by atoms with E-state index in [2.05, 4.69) is 172 Å². The third-order valence-electron chi connectivity index (χ3n) is 18.5. The number of allylic oxidation sites excluding steroid dienone is 26. The molecule has 0 amide bonds. The Hall–Kier alpha value is -4.37. The average molecular weight is 1470 g/mol. The first-order chi connectivity index (χ1) is 51.0. The van der Waals surface area contributed by atoms with Crippen LogP contribution < -0.4 is 4.89 Å². The Labute approximate surface area is 643 Å². The molecule has 2 atom stereocenters. The molecular weight excluding hydrogens is 1300 g/mol. The number of phosphoric ester groups is 1. The molecule has 2 unspecified atom stereocenters. The van der Waals surface area contributed by atoms with Crippen LogP contribution in [-0.2, 0) is 32.7 Å². The number of hydrogen-bond donors (Lipinski definition) is 0. The van der Waals surface area contributed by atoms with Gasteiger partial charge in [-0.1, -0.05) is 390 Å². The Balaban J connectivity index is 4.02. The summed E-state index contributed by atoms with van der Waals surface area (Å²) in [7, 11) is 1.13. The van der Waals surface area contributed by atoms with Crippen LogP contribution >= 0.6 is 7.82 Å². The summed E-state index contributed by atoms with van der Waals surface area (Å²) >= 11 is 0. The molecule has 0 fully saturated rings. The first kappa shape index (κ1) is 99.6. The van der Waals surface area contributed by atoms with Gasteiger partial charge in [-0.3, -0.25) is 14.2 Å². The van der Waals surface area contributed by atoms with E-state index in [1.807, 2.05) is 21.1 Å². The Kier molecular flexibility index (Phi) is 79.2. The van der Waals surface area contributed by atoms with Gasteiger partial charge in [-0.15, -0.1) is 0 Å². The summed E-state index contributed by atoms with van der Waals surface area (Å²) in [5.74, 6) is -0.882. The summed E-state index contributed by atoms with van der Waals surface area (Å²) < 4.78 is 34.4. The van der Waals surface area contributed by atoms with E-state index in [1.165, 1.54) is 231 Å². The van der Waals surface area contributed by atoms with Crippen LogP contribution in [0.1, 0.15) is 373 Å². The first-order valence-corrected chi connectivity index (χ1v) is 44.7. The van der Waals surface area contributed by atoms with E-state index < -0.39 is 32.5 Å². The van der Waals surface area contributed by atoms with Crippen LogP contribution in [0.25, 0.3) is 0 Å². The molecule has 0 saturated heterocycles. The molecular formula is C94H162NO8P. The zero-order valence-corrected chi connectivity index (χ0v) is 69.1. The highest BCUT2D eigenvalue weighted by molar-refractivity contribution is 7.45. The van der Waals surface area contributed by atoms with E-state index in [9.17, 15) is 19.0 Å². The van der Waals surface area contributed by atoms with Crippen LogP contribution in [0.2, 0.25) is 0 Å². The van der Waals surface area contributed by atoms with Crippen LogP contribution in [-0.4, -0.2) is 70.0 Å². The van der Waals surface area contributed by atoms with Gasteiger partial charge in [0.15, 0.2) is 6.10 Å². The summed E-state index contributed by atoms with van der Waals surface area (Å²) in [6.45, 7) is 4.10. The maximum Gasteiger partial charge on any atom is 0.306 e. The van der Waals surface area contributed by atoms with Crippen LogP contribution in [0.4, 0.5) is 0 Å². The number of phosphoric acid groups is 1. The number of likely N-dealkylation sites (N-methyl/N-ethyl adjacent to an activating group) is 1. The van der Waals surface area contributed by atoms with Crippen molar-refractivity contribution in [1.82, 2.24) is 0 Å². The highest BCUT2D eigenvalue weighted by Gasteiger charge is 2.22. The molecule has 9 nitrogen and oxygen atoms in total. The molecule has 0 bridgehead atoms. The summed E-state index contributed by atoms with van der Waals surface area (Å²) in [4.78, 5) is 38.2. The fourth-order valence-electron chi connectivity index (χ4n) is 12.0. The van der Waals surface area contributed by atoms with Crippen LogP contribution in [0.15, 0.2) is 158 Å². The maximum absolute atomic E-state index is 12.9. The van der Waals surface area contributed by atoms with Gasteiger partial charge in [0, 0.05) is 12.8 Å². The number of esters is 2. The van der Waals surface area contributed by atoms with E-state index in [0.717, 1.165) is 109 Å². The monoisotopic (exact) mass is 1460 g/mol. The van der Waals surface area contributed by atoms with E-state index in [1.54, 1.807) is 0 Å². The van der Waals surface area contributed by atoms with Crippen LogP contribution in [0.3, 0.4) is 0 Å². The minimum absolute atomic E-state index is 0.0458. The minimum Gasteiger partial charge on any atom is -0.756 e. The lowest BCUT2D eigenvalue weighted by Gasteiger charge is -2.28. The highest BCUT2D eigenvalue weighted by atomic mass is 31.2. The lowest BCUT2D eigenvalue weighted by molar-refractivity contribution is -0.870. The molecule has 596 valence electrons. The third kappa shape index (κ3) is 86.5. The molecule has 0 aliphatic rings. The van der Waals surface area contributed by atoms with Gasteiger partial charge in [-0.05, 0) is 128 Å². The van der Waals surface area contributed by atoms with Gasteiger partial charge in [-0.2, -0.15) is 0 Å². The van der Waals surface area contributed by atoms with Gasteiger partial charge in [0.05, 0.1) is 27.7 Å². The summed E-state index contributed by atoms with van der Waals surface area (Å²) in [5, 5.41) is 0. The Morgan fingerprint density at radius 1 is 0.308 bits per heavy atom. The van der Waals surface area contributed by atoms with E-state index in [0.29, 0.717) is 17.4 Å². The van der Waals surface area contributed by atoms with Crippen LogP contribution in [0.5, 0.6) is 0 Å². The molecule has 104 heavy (non-hydrogen) atoms. The van der Waals surface area contributed by atoms with Gasteiger partial charge in [0.2, 0.25) is 0 Å². The zero-order chi connectivity index (χ0) is 75.4. The first-order valence-electron chi connectivity index (χ1n) is 43.2. The normalized spacial score (nSPS) is 13.8. The molecule has 0 aromatic rings. The van der Waals surface area contributed by atoms with E-state index in [4.69, 9.17) is 18.5 Å². The Bertz CT molecular complexity index is 2320. The number of rotatable bonds is 79. The van der Waals surface area contributed by atoms with Crippen molar-refractivity contribution in [3.63, 3.8) is 0 Å². The highest BCUT2D eigenvalue weighted by Crippen LogP contribution is 2.38. The molecule has 0 radical (unpaired) electrons. The maximum atomic E-state index is 12.9. The standard InChI is InChI=1S/C94H162NO8P/c1-6-8-10-12-14-16-18-20-22-24-26-28-30-32-34-36-38-40-42-44-46-47-49-50-52-54-56-58-60-62-64-66-68-70-72-74-76-78-80-82-84-86-93(96)100-90-92(91-102-104(98,99)101-89-88-95(3,4)5)103-94(97)87-85-83-81-79-77-75-73-71-69-67-65-63-61-59-57-55-53-51-48-45-43-41-39-37-35-33-31-29-27-25-23-21-19-17-15-13-11-9-7-2/h9,11,15,17,21,23-24,26-27,29,33,35,39,41,45,48,53,55,59,61,65,67,71,73,77,79,92H,6-8,10,12-14,16,18-20,22,25,28,30-32,34,36-38,40,42-44,46-47,49-52,54,56-58,60,62-64,66,68-70,72,74-76,78,80-91H2,1-5H3/b11-9-,17-15-,23-21-,26-24-,29-27-,35-33-,41-39-,48-45-,55-53-,61-59-,67-65-,73-71-,79-77-. The third-order valence-corrected chi connectivity index (χ3v) is 19.5. The van der Waals surface area contributed by atoms with Crippen molar-refractivity contribution in [3.05, 3.63) is 158 Å². The summed E-state index contributed by atoms with van der Waals surface area (Å²) in [6, 6.07) is 0. The quantitative estimate of drug-likeness (QED) is 0.0195. The Morgan fingerprint density at radius 3 is 0.846 bits per heavy atom. The van der Waals surface area contributed by atoms with Crippen LogP contribution in [0, 0.1) is 0 Å².